The SMILES string of the molecule is CN(Cc1csnn1)C1CCN(c2ccccc2Cl)C1=O. The van der Waals surface area contributed by atoms with Crippen molar-refractivity contribution in [2.75, 3.05) is 18.5 Å². The van der Waals surface area contributed by atoms with Gasteiger partial charge in [0.15, 0.2) is 0 Å². The van der Waals surface area contributed by atoms with E-state index in [9.17, 15) is 4.79 Å². The van der Waals surface area contributed by atoms with Gasteiger partial charge in [-0.1, -0.05) is 28.2 Å². The Morgan fingerprint density at radius 2 is 2.29 bits per heavy atom. The molecule has 1 fully saturated rings. The first-order valence-corrected chi connectivity index (χ1v) is 7.90. The maximum Gasteiger partial charge on any atom is 0.244 e. The Kier molecular flexibility index (Phi) is 4.19. The van der Waals surface area contributed by atoms with Crippen LogP contribution in [0.1, 0.15) is 12.1 Å². The number of anilines is 1. The van der Waals surface area contributed by atoms with E-state index in [1.165, 1.54) is 11.5 Å². The summed E-state index contributed by atoms with van der Waals surface area (Å²) in [5, 5.41) is 6.54. The standard InChI is InChI=1S/C14H15ClN4OS/c1-18(8-10-9-21-17-16-10)13-6-7-19(14(13)20)12-5-3-2-4-11(12)15/h2-5,9,13H,6-8H2,1H3. The van der Waals surface area contributed by atoms with E-state index in [4.69, 9.17) is 11.6 Å². The summed E-state index contributed by atoms with van der Waals surface area (Å²) in [7, 11) is 1.94. The number of benzene rings is 1. The van der Waals surface area contributed by atoms with Crippen LogP contribution in [0.2, 0.25) is 5.02 Å². The fourth-order valence-electron chi connectivity index (χ4n) is 2.60. The summed E-state index contributed by atoms with van der Waals surface area (Å²) in [6.45, 7) is 1.32. The maximum atomic E-state index is 12.6. The number of rotatable bonds is 4. The smallest absolute Gasteiger partial charge is 0.244 e. The Morgan fingerprint density at radius 1 is 1.48 bits per heavy atom. The zero-order chi connectivity index (χ0) is 14.8. The summed E-state index contributed by atoms with van der Waals surface area (Å²) in [4.78, 5) is 16.4. The molecular formula is C14H15ClN4OS. The molecule has 0 spiro atoms. The van der Waals surface area contributed by atoms with Crippen LogP contribution in [0.25, 0.3) is 0 Å². The molecule has 2 aromatic rings. The Balaban J connectivity index is 1.73. The molecule has 1 atom stereocenters. The van der Waals surface area contributed by atoms with Gasteiger partial charge in [-0.25, -0.2) is 0 Å². The Labute approximate surface area is 132 Å². The third-order valence-electron chi connectivity index (χ3n) is 3.67. The molecule has 7 heteroatoms. The first kappa shape index (κ1) is 14.4. The van der Waals surface area contributed by atoms with E-state index in [2.05, 4.69) is 9.59 Å². The molecule has 1 aliphatic heterocycles. The van der Waals surface area contributed by atoms with Crippen molar-refractivity contribution in [1.29, 1.82) is 0 Å². The van der Waals surface area contributed by atoms with Crippen molar-refractivity contribution in [3.8, 4) is 0 Å². The molecule has 1 saturated heterocycles. The lowest BCUT2D eigenvalue weighted by Gasteiger charge is -2.23. The highest BCUT2D eigenvalue weighted by atomic mass is 35.5. The van der Waals surface area contributed by atoms with Gasteiger partial charge in [-0.15, -0.1) is 5.10 Å². The monoisotopic (exact) mass is 322 g/mol. The summed E-state index contributed by atoms with van der Waals surface area (Å²) in [6.07, 6.45) is 0.790. The van der Waals surface area contributed by atoms with Gasteiger partial charge in [-0.3, -0.25) is 9.69 Å². The van der Waals surface area contributed by atoms with Gasteiger partial charge < -0.3 is 4.90 Å². The maximum absolute atomic E-state index is 12.6. The number of likely N-dealkylation sites (N-methyl/N-ethyl adjacent to an activating group) is 1. The van der Waals surface area contributed by atoms with Crippen LogP contribution in [0.15, 0.2) is 29.6 Å². The summed E-state index contributed by atoms with van der Waals surface area (Å²) in [5.41, 5.74) is 1.68. The minimum absolute atomic E-state index is 0.0915. The van der Waals surface area contributed by atoms with Crippen molar-refractivity contribution in [2.24, 2.45) is 0 Å². The Bertz CT molecular complexity index is 634. The zero-order valence-electron chi connectivity index (χ0n) is 11.6. The van der Waals surface area contributed by atoms with Crippen molar-refractivity contribution < 1.29 is 4.79 Å². The highest BCUT2D eigenvalue weighted by Crippen LogP contribution is 2.30. The molecule has 1 unspecified atom stereocenters. The third-order valence-corrected chi connectivity index (χ3v) is 4.54. The molecule has 0 aliphatic carbocycles. The zero-order valence-corrected chi connectivity index (χ0v) is 13.1. The molecule has 0 bridgehead atoms. The highest BCUT2D eigenvalue weighted by molar-refractivity contribution is 7.03. The van der Waals surface area contributed by atoms with E-state index in [0.29, 0.717) is 18.1 Å². The number of halogens is 1. The van der Waals surface area contributed by atoms with Crippen LogP contribution in [0, 0.1) is 0 Å². The third kappa shape index (κ3) is 2.92. The predicted octanol–water partition coefficient (Wildman–Crippen LogP) is 2.43. The molecular weight excluding hydrogens is 308 g/mol. The van der Waals surface area contributed by atoms with E-state index in [1.807, 2.05) is 41.6 Å². The predicted molar refractivity (Wildman–Crippen MR) is 83.6 cm³/mol. The molecule has 0 saturated carbocycles. The van der Waals surface area contributed by atoms with Crippen molar-refractivity contribution in [3.63, 3.8) is 0 Å². The van der Waals surface area contributed by atoms with Crippen LogP contribution in [0.3, 0.4) is 0 Å². The van der Waals surface area contributed by atoms with Crippen molar-refractivity contribution in [2.45, 2.75) is 19.0 Å². The lowest BCUT2D eigenvalue weighted by atomic mass is 10.2. The first-order valence-electron chi connectivity index (χ1n) is 6.69. The quantitative estimate of drug-likeness (QED) is 0.867. The van der Waals surface area contributed by atoms with E-state index in [-0.39, 0.29) is 11.9 Å². The first-order chi connectivity index (χ1) is 10.2. The number of hydrogen-bond donors (Lipinski definition) is 0. The van der Waals surface area contributed by atoms with E-state index < -0.39 is 0 Å². The van der Waals surface area contributed by atoms with E-state index >= 15 is 0 Å². The average molecular weight is 323 g/mol. The number of hydrogen-bond acceptors (Lipinski definition) is 5. The van der Waals surface area contributed by atoms with Crippen LogP contribution >= 0.6 is 23.1 Å². The minimum Gasteiger partial charge on any atom is -0.310 e. The van der Waals surface area contributed by atoms with E-state index in [1.54, 1.807) is 4.90 Å². The second kappa shape index (κ2) is 6.09. The van der Waals surface area contributed by atoms with Crippen LogP contribution in [0.4, 0.5) is 5.69 Å². The lowest BCUT2D eigenvalue weighted by Crippen LogP contribution is -2.39. The number of nitrogens with zero attached hydrogens (tertiary/aromatic N) is 4. The van der Waals surface area contributed by atoms with E-state index in [0.717, 1.165) is 17.8 Å². The van der Waals surface area contributed by atoms with Crippen LogP contribution in [0.5, 0.6) is 0 Å². The molecule has 0 radical (unpaired) electrons. The summed E-state index contributed by atoms with van der Waals surface area (Å²) in [6, 6.07) is 7.32. The molecule has 0 N–H and O–H groups in total. The number of carbonyl (C=O) groups is 1. The largest absolute Gasteiger partial charge is 0.310 e. The number of aromatic nitrogens is 2. The van der Waals surface area contributed by atoms with Crippen LogP contribution < -0.4 is 4.90 Å². The average Bonchev–Trinajstić information content (AvgIpc) is 3.09. The summed E-state index contributed by atoms with van der Waals surface area (Å²) < 4.78 is 3.85. The summed E-state index contributed by atoms with van der Waals surface area (Å²) in [5.74, 6) is 0.0915. The van der Waals surface area contributed by atoms with Crippen LogP contribution in [-0.4, -0.2) is 40.0 Å². The molecule has 5 nitrogen and oxygen atoms in total. The number of carbonyl (C=O) groups excluding carboxylic acids is 1. The van der Waals surface area contributed by atoms with Crippen molar-refractivity contribution in [1.82, 2.24) is 14.5 Å². The van der Waals surface area contributed by atoms with Gasteiger partial charge in [0.05, 0.1) is 22.4 Å². The molecule has 1 aromatic heterocycles. The fourth-order valence-corrected chi connectivity index (χ4v) is 3.28. The molecule has 1 aliphatic rings. The molecule has 1 aromatic carbocycles. The molecule has 1 amide bonds. The second-order valence-electron chi connectivity index (χ2n) is 5.06. The minimum atomic E-state index is -0.136. The normalized spacial score (nSPS) is 18.7. The molecule has 3 rings (SSSR count). The fraction of sp³-hybridized carbons (Fsp3) is 0.357. The number of para-hydroxylation sites is 1. The Hall–Kier alpha value is -1.50. The van der Waals surface area contributed by atoms with Crippen molar-refractivity contribution >= 4 is 34.7 Å². The van der Waals surface area contributed by atoms with Gasteiger partial charge in [0, 0.05) is 18.5 Å². The lowest BCUT2D eigenvalue weighted by molar-refractivity contribution is -0.121. The second-order valence-corrected chi connectivity index (χ2v) is 6.07. The van der Waals surface area contributed by atoms with Gasteiger partial charge >= 0.3 is 0 Å². The summed E-state index contributed by atoms with van der Waals surface area (Å²) >= 11 is 7.51. The molecule has 21 heavy (non-hydrogen) atoms. The topological polar surface area (TPSA) is 49.3 Å². The molecule has 110 valence electrons. The van der Waals surface area contributed by atoms with Gasteiger partial charge in [0.25, 0.3) is 0 Å². The Morgan fingerprint density at radius 3 is 3.00 bits per heavy atom. The highest BCUT2D eigenvalue weighted by Gasteiger charge is 2.36. The number of amides is 1. The molecule has 2 heterocycles. The van der Waals surface area contributed by atoms with Gasteiger partial charge in [-0.05, 0) is 37.1 Å². The van der Waals surface area contributed by atoms with Gasteiger partial charge in [0.1, 0.15) is 0 Å². The van der Waals surface area contributed by atoms with Crippen LogP contribution in [-0.2, 0) is 11.3 Å². The van der Waals surface area contributed by atoms with Crippen molar-refractivity contribution in [3.05, 3.63) is 40.4 Å². The van der Waals surface area contributed by atoms with Gasteiger partial charge in [0.2, 0.25) is 5.91 Å². The van der Waals surface area contributed by atoms with Gasteiger partial charge in [-0.2, -0.15) is 0 Å².